The van der Waals surface area contributed by atoms with E-state index in [2.05, 4.69) is 28.7 Å². The van der Waals surface area contributed by atoms with Crippen LogP contribution in [0.5, 0.6) is 0 Å². The predicted molar refractivity (Wildman–Crippen MR) is 67.2 cm³/mol. The Morgan fingerprint density at radius 1 is 1.19 bits per heavy atom. The Kier molecular flexibility index (Phi) is 3.64. The molecule has 1 aromatic rings. The Morgan fingerprint density at radius 2 is 1.88 bits per heavy atom. The van der Waals surface area contributed by atoms with Gasteiger partial charge in [-0.3, -0.25) is 0 Å². The van der Waals surface area contributed by atoms with E-state index in [1.54, 1.807) is 0 Å². The van der Waals surface area contributed by atoms with Gasteiger partial charge in [-0.15, -0.1) is 0 Å². The van der Waals surface area contributed by atoms with Crippen molar-refractivity contribution in [3.8, 4) is 0 Å². The molecule has 1 fully saturated rings. The van der Waals surface area contributed by atoms with Gasteiger partial charge in [0.15, 0.2) is 0 Å². The first kappa shape index (κ1) is 11.6. The van der Waals surface area contributed by atoms with Crippen LogP contribution in [0.15, 0.2) is 6.07 Å². The Balaban J connectivity index is 2.25. The fraction of sp³-hybridized carbons (Fsp3) is 0.667. The highest BCUT2D eigenvalue weighted by Crippen LogP contribution is 2.22. The van der Waals surface area contributed by atoms with Gasteiger partial charge in [-0.1, -0.05) is 25.4 Å². The van der Waals surface area contributed by atoms with Crippen molar-refractivity contribution in [2.24, 2.45) is 0 Å². The Bertz CT molecular complexity index is 359. The van der Waals surface area contributed by atoms with Gasteiger partial charge in [0.25, 0.3) is 0 Å². The average Bonchev–Trinajstić information content (AvgIpc) is 2.29. The summed E-state index contributed by atoms with van der Waals surface area (Å²) in [6.45, 7) is 6.35. The van der Waals surface area contributed by atoms with Crippen LogP contribution in [0.1, 0.15) is 44.9 Å². The number of aromatic nitrogens is 2. The van der Waals surface area contributed by atoms with Gasteiger partial charge in [0, 0.05) is 25.1 Å². The van der Waals surface area contributed by atoms with Crippen molar-refractivity contribution in [1.82, 2.24) is 9.97 Å². The van der Waals surface area contributed by atoms with Crippen LogP contribution in [0.2, 0.25) is 5.15 Å². The maximum atomic E-state index is 6.04. The van der Waals surface area contributed by atoms with Gasteiger partial charge in [-0.05, 0) is 19.3 Å². The van der Waals surface area contributed by atoms with Crippen LogP contribution < -0.4 is 4.90 Å². The maximum Gasteiger partial charge on any atom is 0.135 e. The van der Waals surface area contributed by atoms with Crippen molar-refractivity contribution >= 4 is 17.4 Å². The van der Waals surface area contributed by atoms with Crippen LogP contribution in [0.25, 0.3) is 0 Å². The molecule has 0 saturated carbocycles. The zero-order valence-corrected chi connectivity index (χ0v) is 10.7. The average molecular weight is 240 g/mol. The zero-order chi connectivity index (χ0) is 11.5. The molecule has 2 rings (SSSR count). The van der Waals surface area contributed by atoms with Crippen molar-refractivity contribution in [3.63, 3.8) is 0 Å². The number of rotatable bonds is 2. The van der Waals surface area contributed by atoms with Crippen molar-refractivity contribution in [3.05, 3.63) is 17.0 Å². The second-order valence-corrected chi connectivity index (χ2v) is 5.00. The number of nitrogens with zero attached hydrogens (tertiary/aromatic N) is 3. The highest BCUT2D eigenvalue weighted by atomic mass is 35.5. The minimum atomic E-state index is 0.322. The predicted octanol–water partition coefficient (Wildman–Crippen LogP) is 3.24. The second-order valence-electron chi connectivity index (χ2n) is 4.61. The first-order chi connectivity index (χ1) is 7.66. The van der Waals surface area contributed by atoms with Gasteiger partial charge in [0.2, 0.25) is 0 Å². The molecule has 3 nitrogen and oxygen atoms in total. The lowest BCUT2D eigenvalue weighted by atomic mass is 10.1. The van der Waals surface area contributed by atoms with Crippen LogP contribution >= 0.6 is 11.6 Å². The Labute approximate surface area is 102 Å². The lowest BCUT2D eigenvalue weighted by Gasteiger charge is -2.28. The molecule has 1 aliphatic rings. The molecule has 1 aromatic heterocycles. The summed E-state index contributed by atoms with van der Waals surface area (Å²) in [5.41, 5.74) is 0. The van der Waals surface area contributed by atoms with E-state index in [-0.39, 0.29) is 0 Å². The fourth-order valence-electron chi connectivity index (χ4n) is 1.97. The van der Waals surface area contributed by atoms with E-state index in [4.69, 9.17) is 11.6 Å². The number of piperidine rings is 1. The molecular formula is C12H18ClN3. The molecule has 0 aliphatic carbocycles. The molecule has 4 heteroatoms. The first-order valence-electron chi connectivity index (χ1n) is 5.96. The molecule has 0 radical (unpaired) electrons. The topological polar surface area (TPSA) is 29.0 Å². The van der Waals surface area contributed by atoms with Crippen molar-refractivity contribution in [2.45, 2.75) is 39.0 Å². The molecule has 0 amide bonds. The van der Waals surface area contributed by atoms with Gasteiger partial charge in [0.1, 0.15) is 16.8 Å². The minimum Gasteiger partial charge on any atom is -0.356 e. The summed E-state index contributed by atoms with van der Waals surface area (Å²) in [4.78, 5) is 11.2. The van der Waals surface area contributed by atoms with Crippen LogP contribution in [0.4, 0.5) is 5.82 Å². The Hall–Kier alpha value is -0.830. The van der Waals surface area contributed by atoms with E-state index < -0.39 is 0 Å². The molecule has 88 valence electrons. The highest BCUT2D eigenvalue weighted by molar-refractivity contribution is 6.29. The zero-order valence-electron chi connectivity index (χ0n) is 9.91. The molecule has 0 spiro atoms. The van der Waals surface area contributed by atoms with Gasteiger partial charge in [-0.2, -0.15) is 0 Å². The smallest absolute Gasteiger partial charge is 0.135 e. The standard InChI is InChI=1S/C12H18ClN3/c1-9(2)12-14-10(13)8-11(15-12)16-6-4-3-5-7-16/h8-9H,3-7H2,1-2H3. The summed E-state index contributed by atoms with van der Waals surface area (Å²) in [6, 6.07) is 1.87. The van der Waals surface area contributed by atoms with E-state index in [1.807, 2.05) is 6.07 Å². The Morgan fingerprint density at radius 3 is 2.50 bits per heavy atom. The van der Waals surface area contributed by atoms with Crippen LogP contribution in [0.3, 0.4) is 0 Å². The van der Waals surface area contributed by atoms with Gasteiger partial charge in [-0.25, -0.2) is 9.97 Å². The third kappa shape index (κ3) is 2.64. The quantitative estimate of drug-likeness (QED) is 0.742. The lowest BCUT2D eigenvalue weighted by molar-refractivity contribution is 0.571. The van der Waals surface area contributed by atoms with Crippen molar-refractivity contribution in [2.75, 3.05) is 18.0 Å². The van der Waals surface area contributed by atoms with Crippen molar-refractivity contribution < 1.29 is 0 Å². The van der Waals surface area contributed by atoms with Crippen molar-refractivity contribution in [1.29, 1.82) is 0 Å². The molecule has 0 atom stereocenters. The van der Waals surface area contributed by atoms with Crippen LogP contribution in [-0.2, 0) is 0 Å². The van der Waals surface area contributed by atoms with Gasteiger partial charge < -0.3 is 4.90 Å². The largest absolute Gasteiger partial charge is 0.356 e. The number of hydrogen-bond donors (Lipinski definition) is 0. The van der Waals surface area contributed by atoms with Crippen LogP contribution in [0, 0.1) is 0 Å². The molecule has 1 saturated heterocycles. The van der Waals surface area contributed by atoms with Crippen LogP contribution in [-0.4, -0.2) is 23.1 Å². The van der Waals surface area contributed by atoms with Gasteiger partial charge >= 0.3 is 0 Å². The summed E-state index contributed by atoms with van der Waals surface area (Å²) in [5, 5.41) is 0.555. The molecule has 2 heterocycles. The summed E-state index contributed by atoms with van der Waals surface area (Å²) in [6.07, 6.45) is 3.82. The molecule has 16 heavy (non-hydrogen) atoms. The molecule has 0 N–H and O–H groups in total. The third-order valence-electron chi connectivity index (χ3n) is 2.90. The number of hydrogen-bond acceptors (Lipinski definition) is 3. The molecular weight excluding hydrogens is 222 g/mol. The first-order valence-corrected chi connectivity index (χ1v) is 6.34. The normalized spacial score (nSPS) is 16.9. The summed E-state index contributed by atoms with van der Waals surface area (Å²) >= 11 is 6.04. The molecule has 0 aromatic carbocycles. The van der Waals surface area contributed by atoms with E-state index >= 15 is 0 Å². The highest BCUT2D eigenvalue weighted by Gasteiger charge is 2.15. The minimum absolute atomic E-state index is 0.322. The summed E-state index contributed by atoms with van der Waals surface area (Å²) in [5.74, 6) is 2.15. The third-order valence-corrected chi connectivity index (χ3v) is 3.09. The van der Waals surface area contributed by atoms with E-state index in [0.29, 0.717) is 11.1 Å². The molecule has 0 unspecified atom stereocenters. The summed E-state index contributed by atoms with van der Waals surface area (Å²) < 4.78 is 0. The van der Waals surface area contributed by atoms with E-state index in [9.17, 15) is 0 Å². The molecule has 1 aliphatic heterocycles. The fourth-order valence-corrected chi connectivity index (χ4v) is 2.15. The summed E-state index contributed by atoms with van der Waals surface area (Å²) in [7, 11) is 0. The van der Waals surface area contributed by atoms with E-state index in [0.717, 1.165) is 24.7 Å². The maximum absolute atomic E-state index is 6.04. The number of anilines is 1. The van der Waals surface area contributed by atoms with E-state index in [1.165, 1.54) is 19.3 Å². The number of halogens is 1. The SMILES string of the molecule is CC(C)c1nc(Cl)cc(N2CCCCC2)n1. The molecule has 0 bridgehead atoms. The van der Waals surface area contributed by atoms with Gasteiger partial charge in [0.05, 0.1) is 0 Å². The second kappa shape index (κ2) is 5.00. The monoisotopic (exact) mass is 239 g/mol. The lowest BCUT2D eigenvalue weighted by Crippen LogP contribution is -2.30.